The Morgan fingerprint density at radius 2 is 2.00 bits per heavy atom. The van der Waals surface area contributed by atoms with Gasteiger partial charge in [-0.15, -0.1) is 16.4 Å². The van der Waals surface area contributed by atoms with E-state index >= 15 is 0 Å². The van der Waals surface area contributed by atoms with Crippen LogP contribution in [0.3, 0.4) is 0 Å². The number of nitrogen functional groups attached to an aromatic ring is 1. The standard InChI is InChI=1S/C13H17N5OS/c1-7-8(2)16-17-12-9(7)10(14)11(20-12)13(19)18-5-3-15-4-6-18/h15H,3-6,14H2,1-2H3. The predicted molar refractivity (Wildman–Crippen MR) is 80.1 cm³/mol. The molecule has 3 rings (SSSR count). The number of carbonyl (C=O) groups is 1. The van der Waals surface area contributed by atoms with Gasteiger partial charge in [-0.25, -0.2) is 0 Å². The first-order chi connectivity index (χ1) is 9.59. The van der Waals surface area contributed by atoms with Crippen LogP contribution in [-0.4, -0.2) is 47.2 Å². The summed E-state index contributed by atoms with van der Waals surface area (Å²) in [6.07, 6.45) is 0. The molecule has 1 aliphatic heterocycles. The molecule has 1 aliphatic rings. The minimum absolute atomic E-state index is 0.00375. The summed E-state index contributed by atoms with van der Waals surface area (Å²) in [5.41, 5.74) is 8.59. The highest BCUT2D eigenvalue weighted by Crippen LogP contribution is 2.35. The number of carbonyl (C=O) groups excluding carboxylic acids is 1. The van der Waals surface area contributed by atoms with Crippen molar-refractivity contribution in [3.8, 4) is 0 Å². The van der Waals surface area contributed by atoms with Crippen LogP contribution in [0.15, 0.2) is 0 Å². The highest BCUT2D eigenvalue weighted by Gasteiger charge is 2.24. The Kier molecular flexibility index (Phi) is 3.31. The lowest BCUT2D eigenvalue weighted by atomic mass is 10.1. The van der Waals surface area contributed by atoms with Crippen LogP contribution in [0.4, 0.5) is 5.69 Å². The van der Waals surface area contributed by atoms with E-state index in [9.17, 15) is 4.79 Å². The minimum Gasteiger partial charge on any atom is -0.397 e. The minimum atomic E-state index is 0.00375. The maximum absolute atomic E-state index is 12.6. The molecular weight excluding hydrogens is 274 g/mol. The van der Waals surface area contributed by atoms with E-state index in [-0.39, 0.29) is 5.91 Å². The number of nitrogens with two attached hydrogens (primary N) is 1. The molecule has 0 bridgehead atoms. The zero-order valence-corrected chi connectivity index (χ0v) is 12.4. The van der Waals surface area contributed by atoms with Gasteiger partial charge in [0.1, 0.15) is 9.71 Å². The Morgan fingerprint density at radius 3 is 2.70 bits per heavy atom. The van der Waals surface area contributed by atoms with Crippen LogP contribution in [0.5, 0.6) is 0 Å². The molecule has 0 aromatic carbocycles. The van der Waals surface area contributed by atoms with E-state index in [1.165, 1.54) is 11.3 Å². The Morgan fingerprint density at radius 1 is 1.30 bits per heavy atom. The van der Waals surface area contributed by atoms with Crippen molar-refractivity contribution < 1.29 is 4.79 Å². The molecule has 0 atom stereocenters. The molecule has 7 heteroatoms. The first kappa shape index (κ1) is 13.3. The predicted octanol–water partition coefficient (Wildman–Crippen LogP) is 0.936. The summed E-state index contributed by atoms with van der Waals surface area (Å²) in [4.78, 5) is 15.7. The summed E-state index contributed by atoms with van der Waals surface area (Å²) in [6.45, 7) is 6.96. The second-order valence-corrected chi connectivity index (χ2v) is 5.98. The average molecular weight is 291 g/mol. The first-order valence-corrected chi connectivity index (χ1v) is 7.43. The molecule has 1 amide bonds. The number of anilines is 1. The van der Waals surface area contributed by atoms with Crippen LogP contribution in [-0.2, 0) is 0 Å². The van der Waals surface area contributed by atoms with Gasteiger partial charge >= 0.3 is 0 Å². The smallest absolute Gasteiger partial charge is 0.266 e. The van der Waals surface area contributed by atoms with E-state index in [0.29, 0.717) is 10.6 Å². The first-order valence-electron chi connectivity index (χ1n) is 6.61. The van der Waals surface area contributed by atoms with Gasteiger partial charge in [0.05, 0.1) is 11.4 Å². The van der Waals surface area contributed by atoms with Gasteiger partial charge in [0.2, 0.25) is 0 Å². The number of rotatable bonds is 1. The van der Waals surface area contributed by atoms with Gasteiger partial charge in [0.25, 0.3) is 5.91 Å². The largest absolute Gasteiger partial charge is 0.397 e. The maximum atomic E-state index is 12.6. The van der Waals surface area contributed by atoms with E-state index in [1.807, 2.05) is 18.7 Å². The zero-order valence-electron chi connectivity index (χ0n) is 11.6. The Hall–Kier alpha value is -1.73. The number of piperazine rings is 1. The van der Waals surface area contributed by atoms with Gasteiger partial charge in [-0.3, -0.25) is 4.79 Å². The molecule has 1 fully saturated rings. The molecule has 2 aromatic rings. The van der Waals surface area contributed by atoms with E-state index in [4.69, 9.17) is 5.73 Å². The number of aromatic nitrogens is 2. The molecule has 0 radical (unpaired) electrons. The van der Waals surface area contributed by atoms with E-state index < -0.39 is 0 Å². The highest BCUT2D eigenvalue weighted by molar-refractivity contribution is 7.21. The summed E-state index contributed by atoms with van der Waals surface area (Å²) < 4.78 is 0. The van der Waals surface area contributed by atoms with Gasteiger partial charge in [-0.2, -0.15) is 5.10 Å². The average Bonchev–Trinajstić information content (AvgIpc) is 2.81. The monoisotopic (exact) mass is 291 g/mol. The highest BCUT2D eigenvalue weighted by atomic mass is 32.1. The van der Waals surface area contributed by atoms with Crippen molar-refractivity contribution >= 4 is 33.1 Å². The molecule has 0 spiro atoms. The van der Waals surface area contributed by atoms with Crippen molar-refractivity contribution in [2.45, 2.75) is 13.8 Å². The number of nitrogens with zero attached hydrogens (tertiary/aromatic N) is 3. The number of amides is 1. The number of fused-ring (bicyclic) bond motifs is 1. The summed E-state index contributed by atoms with van der Waals surface area (Å²) in [6, 6.07) is 0. The topological polar surface area (TPSA) is 84.1 Å². The van der Waals surface area contributed by atoms with Crippen LogP contribution in [0, 0.1) is 13.8 Å². The number of hydrogen-bond acceptors (Lipinski definition) is 6. The van der Waals surface area contributed by atoms with Crippen molar-refractivity contribution in [3.63, 3.8) is 0 Å². The molecule has 106 valence electrons. The maximum Gasteiger partial charge on any atom is 0.266 e. The van der Waals surface area contributed by atoms with E-state index in [1.54, 1.807) is 0 Å². The van der Waals surface area contributed by atoms with Gasteiger partial charge in [0.15, 0.2) is 0 Å². The van der Waals surface area contributed by atoms with E-state index in [0.717, 1.165) is 47.7 Å². The third kappa shape index (κ3) is 2.03. The second kappa shape index (κ2) is 4.99. The van der Waals surface area contributed by atoms with Crippen LogP contribution in [0.25, 0.3) is 10.2 Å². The number of nitrogens with one attached hydrogen (secondary N) is 1. The summed E-state index contributed by atoms with van der Waals surface area (Å²) in [7, 11) is 0. The second-order valence-electron chi connectivity index (χ2n) is 4.98. The zero-order chi connectivity index (χ0) is 14.3. The SMILES string of the molecule is Cc1nnc2sc(C(=O)N3CCNCC3)c(N)c2c1C. The van der Waals surface area contributed by atoms with Gasteiger partial charge in [-0.05, 0) is 19.4 Å². The molecule has 3 N–H and O–H groups in total. The Labute approximate surface area is 121 Å². The molecule has 0 aliphatic carbocycles. The van der Waals surface area contributed by atoms with Gasteiger partial charge in [-0.1, -0.05) is 0 Å². The molecule has 1 saturated heterocycles. The van der Waals surface area contributed by atoms with Crippen molar-refractivity contribution in [1.29, 1.82) is 0 Å². The van der Waals surface area contributed by atoms with Gasteiger partial charge in [0, 0.05) is 31.6 Å². The van der Waals surface area contributed by atoms with Crippen molar-refractivity contribution in [2.75, 3.05) is 31.9 Å². The van der Waals surface area contributed by atoms with Gasteiger partial charge < -0.3 is 16.0 Å². The van der Waals surface area contributed by atoms with Crippen LogP contribution in [0.2, 0.25) is 0 Å². The summed E-state index contributed by atoms with van der Waals surface area (Å²) in [5, 5.41) is 12.4. The summed E-state index contributed by atoms with van der Waals surface area (Å²) >= 11 is 1.34. The molecular formula is C13H17N5OS. The molecule has 2 aromatic heterocycles. The van der Waals surface area contributed by atoms with Crippen LogP contribution in [0.1, 0.15) is 20.9 Å². The normalized spacial score (nSPS) is 15.8. The molecule has 0 unspecified atom stereocenters. The number of aryl methyl sites for hydroxylation is 2. The molecule has 6 nitrogen and oxygen atoms in total. The lowest BCUT2D eigenvalue weighted by Crippen LogP contribution is -2.46. The third-order valence-corrected chi connectivity index (χ3v) is 4.81. The lowest BCUT2D eigenvalue weighted by molar-refractivity contribution is 0.0741. The lowest BCUT2D eigenvalue weighted by Gasteiger charge is -2.27. The van der Waals surface area contributed by atoms with Crippen molar-refractivity contribution in [1.82, 2.24) is 20.4 Å². The van der Waals surface area contributed by atoms with Crippen LogP contribution < -0.4 is 11.1 Å². The molecule has 3 heterocycles. The summed E-state index contributed by atoms with van der Waals surface area (Å²) in [5.74, 6) is 0.00375. The fourth-order valence-corrected chi connectivity index (χ4v) is 3.48. The number of thiophene rings is 1. The Bertz CT molecular complexity index is 675. The van der Waals surface area contributed by atoms with E-state index in [2.05, 4.69) is 15.5 Å². The van der Waals surface area contributed by atoms with Crippen LogP contribution >= 0.6 is 11.3 Å². The fourth-order valence-electron chi connectivity index (χ4n) is 2.41. The number of hydrogen-bond donors (Lipinski definition) is 2. The Balaban J connectivity index is 2.06. The quantitative estimate of drug-likeness (QED) is 0.817. The molecule has 20 heavy (non-hydrogen) atoms. The fraction of sp³-hybridized carbons (Fsp3) is 0.462. The van der Waals surface area contributed by atoms with Crippen molar-refractivity contribution in [2.24, 2.45) is 0 Å². The molecule has 0 saturated carbocycles. The third-order valence-electron chi connectivity index (χ3n) is 3.73. The van der Waals surface area contributed by atoms with Crippen molar-refractivity contribution in [3.05, 3.63) is 16.1 Å².